The number of ether oxygens (including phenoxy) is 1. The highest BCUT2D eigenvalue weighted by Gasteiger charge is 2.12. The standard InChI is InChI=1S/C11H15ClN6OS/c1-6(5-19-2)14-11(16-13)15-9-7(12)3-4-8-10(9)18-20-17-8/h3-4,6H,5,13H2,1-2H3,(H2,14,15,16). The number of nitrogens with two attached hydrogens (primary N) is 1. The quantitative estimate of drug-likeness (QED) is 0.343. The first-order chi connectivity index (χ1) is 9.65. The Balaban J connectivity index is 2.29. The average molecular weight is 315 g/mol. The Morgan fingerprint density at radius 2 is 2.35 bits per heavy atom. The highest BCUT2D eigenvalue weighted by molar-refractivity contribution is 7.00. The molecule has 0 spiro atoms. The number of guanidine groups is 1. The zero-order valence-corrected chi connectivity index (χ0v) is 12.6. The second kappa shape index (κ2) is 6.80. The minimum atomic E-state index is -0.0508. The molecule has 0 radical (unpaired) electrons. The van der Waals surface area contributed by atoms with Gasteiger partial charge in [-0.1, -0.05) is 11.6 Å². The van der Waals surface area contributed by atoms with E-state index >= 15 is 0 Å². The van der Waals surface area contributed by atoms with E-state index in [0.717, 1.165) is 17.2 Å². The summed E-state index contributed by atoms with van der Waals surface area (Å²) in [4.78, 5) is 4.35. The molecule has 1 aromatic heterocycles. The predicted octanol–water partition coefficient (Wildman–Crippen LogP) is 1.61. The molecular weight excluding hydrogens is 300 g/mol. The molecular formula is C11H15ClN6OS. The maximum atomic E-state index is 6.18. The fourth-order valence-electron chi connectivity index (χ4n) is 1.67. The Bertz CT molecular complexity index is 616. The first-order valence-corrected chi connectivity index (χ1v) is 6.97. The van der Waals surface area contributed by atoms with Crippen LogP contribution in [0.4, 0.5) is 5.69 Å². The third-order valence-corrected chi connectivity index (χ3v) is 3.37. The van der Waals surface area contributed by atoms with E-state index in [1.807, 2.05) is 13.0 Å². The van der Waals surface area contributed by atoms with Crippen LogP contribution in [0, 0.1) is 0 Å². The molecule has 1 atom stereocenters. The van der Waals surface area contributed by atoms with E-state index in [2.05, 4.69) is 24.5 Å². The smallest absolute Gasteiger partial charge is 0.210 e. The summed E-state index contributed by atoms with van der Waals surface area (Å²) in [5.74, 6) is 5.86. The first kappa shape index (κ1) is 14.9. The van der Waals surface area contributed by atoms with Crippen molar-refractivity contribution in [2.45, 2.75) is 13.0 Å². The zero-order valence-electron chi connectivity index (χ0n) is 11.1. The summed E-state index contributed by atoms with van der Waals surface area (Å²) >= 11 is 7.31. The Labute approximate surface area is 125 Å². The van der Waals surface area contributed by atoms with E-state index in [1.165, 1.54) is 0 Å². The van der Waals surface area contributed by atoms with E-state index in [4.69, 9.17) is 22.2 Å². The molecule has 0 aliphatic heterocycles. The number of anilines is 1. The molecule has 0 bridgehead atoms. The lowest BCUT2D eigenvalue weighted by atomic mass is 10.2. The lowest BCUT2D eigenvalue weighted by molar-refractivity contribution is 0.185. The van der Waals surface area contributed by atoms with E-state index < -0.39 is 0 Å². The van der Waals surface area contributed by atoms with Gasteiger partial charge in [-0.2, -0.15) is 8.75 Å². The summed E-state index contributed by atoms with van der Waals surface area (Å²) in [6.07, 6.45) is 0. The molecule has 1 unspecified atom stereocenters. The number of nitrogens with one attached hydrogen (secondary N) is 2. The highest BCUT2D eigenvalue weighted by Crippen LogP contribution is 2.29. The summed E-state index contributed by atoms with van der Waals surface area (Å²) in [6, 6.07) is 3.51. The molecule has 7 nitrogen and oxygen atoms in total. The van der Waals surface area contributed by atoms with Gasteiger partial charge in [-0.3, -0.25) is 5.43 Å². The lowest BCUT2D eigenvalue weighted by Gasteiger charge is -2.13. The van der Waals surface area contributed by atoms with Crippen LogP contribution in [0.25, 0.3) is 11.0 Å². The van der Waals surface area contributed by atoms with Gasteiger partial charge in [0.1, 0.15) is 11.0 Å². The van der Waals surface area contributed by atoms with E-state index in [0.29, 0.717) is 28.8 Å². The molecule has 2 aromatic rings. The van der Waals surface area contributed by atoms with Crippen LogP contribution < -0.4 is 16.6 Å². The van der Waals surface area contributed by atoms with E-state index in [1.54, 1.807) is 13.2 Å². The zero-order chi connectivity index (χ0) is 14.5. The number of methoxy groups -OCH3 is 1. The molecule has 0 aliphatic carbocycles. The van der Waals surface area contributed by atoms with Crippen molar-refractivity contribution in [1.82, 2.24) is 14.2 Å². The summed E-state index contributed by atoms with van der Waals surface area (Å²) < 4.78 is 13.4. The average Bonchev–Trinajstić information content (AvgIpc) is 2.89. The Morgan fingerprint density at radius 1 is 1.55 bits per heavy atom. The van der Waals surface area contributed by atoms with Gasteiger partial charge in [0, 0.05) is 7.11 Å². The number of benzene rings is 1. The molecule has 4 N–H and O–H groups in total. The molecule has 0 saturated carbocycles. The van der Waals surface area contributed by atoms with Crippen LogP contribution in [-0.2, 0) is 4.74 Å². The first-order valence-electron chi connectivity index (χ1n) is 5.87. The number of rotatable bonds is 4. The van der Waals surface area contributed by atoms with Gasteiger partial charge in [0.2, 0.25) is 5.96 Å². The number of fused-ring (bicyclic) bond motifs is 1. The number of halogens is 1. The number of hydrogen-bond acceptors (Lipinski definition) is 6. The molecule has 2 rings (SSSR count). The minimum absolute atomic E-state index is 0.0508. The molecule has 0 fully saturated rings. The van der Waals surface area contributed by atoms with Crippen LogP contribution in [0.1, 0.15) is 6.92 Å². The van der Waals surface area contributed by atoms with Crippen molar-refractivity contribution in [2.24, 2.45) is 10.8 Å². The van der Waals surface area contributed by atoms with Gasteiger partial charge in [0.25, 0.3) is 0 Å². The van der Waals surface area contributed by atoms with Crippen LogP contribution >= 0.6 is 23.3 Å². The Morgan fingerprint density at radius 3 is 3.05 bits per heavy atom. The molecule has 0 aliphatic rings. The van der Waals surface area contributed by atoms with Gasteiger partial charge >= 0.3 is 0 Å². The predicted molar refractivity (Wildman–Crippen MR) is 82.1 cm³/mol. The van der Waals surface area contributed by atoms with Crippen molar-refractivity contribution < 1.29 is 4.74 Å². The number of nitrogens with zero attached hydrogens (tertiary/aromatic N) is 3. The van der Waals surface area contributed by atoms with Gasteiger partial charge in [0.05, 0.1) is 35.1 Å². The number of hydrogen-bond donors (Lipinski definition) is 3. The lowest BCUT2D eigenvalue weighted by Crippen LogP contribution is -2.37. The molecule has 0 saturated heterocycles. The van der Waals surface area contributed by atoms with Crippen LogP contribution in [0.15, 0.2) is 17.1 Å². The van der Waals surface area contributed by atoms with E-state index in [9.17, 15) is 0 Å². The van der Waals surface area contributed by atoms with Crippen molar-refractivity contribution in [1.29, 1.82) is 0 Å². The van der Waals surface area contributed by atoms with Gasteiger partial charge in [-0.15, -0.1) is 0 Å². The van der Waals surface area contributed by atoms with E-state index in [-0.39, 0.29) is 6.04 Å². The third kappa shape index (κ3) is 3.34. The van der Waals surface area contributed by atoms with Gasteiger partial charge < -0.3 is 10.1 Å². The largest absolute Gasteiger partial charge is 0.382 e. The third-order valence-electron chi connectivity index (χ3n) is 2.51. The van der Waals surface area contributed by atoms with Crippen LogP contribution in [0.2, 0.25) is 5.02 Å². The number of hydrazine groups is 1. The monoisotopic (exact) mass is 314 g/mol. The number of aliphatic imine (C=N–C) groups is 1. The second-order valence-electron chi connectivity index (χ2n) is 4.11. The maximum Gasteiger partial charge on any atom is 0.210 e. The summed E-state index contributed by atoms with van der Waals surface area (Å²) in [5, 5.41) is 3.57. The van der Waals surface area contributed by atoms with Crippen molar-refractivity contribution in [3.8, 4) is 0 Å². The fraction of sp³-hybridized carbons (Fsp3) is 0.364. The second-order valence-corrected chi connectivity index (χ2v) is 5.04. The molecule has 1 aromatic carbocycles. The molecule has 0 amide bonds. The summed E-state index contributed by atoms with van der Waals surface area (Å²) in [7, 11) is 1.62. The molecule has 20 heavy (non-hydrogen) atoms. The maximum absolute atomic E-state index is 6.18. The minimum Gasteiger partial charge on any atom is -0.382 e. The molecule has 9 heteroatoms. The summed E-state index contributed by atoms with van der Waals surface area (Å²) in [6.45, 7) is 2.40. The van der Waals surface area contributed by atoms with Crippen molar-refractivity contribution >= 4 is 46.0 Å². The highest BCUT2D eigenvalue weighted by atomic mass is 35.5. The van der Waals surface area contributed by atoms with Crippen molar-refractivity contribution in [2.75, 3.05) is 19.0 Å². The SMILES string of the molecule is COCC(C)N=C(NN)Nc1c(Cl)ccc2nsnc12. The Hall–Kier alpha value is -1.48. The van der Waals surface area contributed by atoms with Gasteiger partial charge in [0.15, 0.2) is 0 Å². The Kier molecular flexibility index (Phi) is 5.07. The normalized spacial score (nSPS) is 13.5. The molecule has 108 valence electrons. The van der Waals surface area contributed by atoms with Crippen LogP contribution in [0.3, 0.4) is 0 Å². The van der Waals surface area contributed by atoms with Crippen molar-refractivity contribution in [3.05, 3.63) is 17.2 Å². The van der Waals surface area contributed by atoms with Crippen LogP contribution in [0.5, 0.6) is 0 Å². The summed E-state index contributed by atoms with van der Waals surface area (Å²) in [5.41, 5.74) is 4.58. The van der Waals surface area contributed by atoms with Gasteiger partial charge in [-0.25, -0.2) is 10.8 Å². The van der Waals surface area contributed by atoms with Crippen LogP contribution in [-0.4, -0.2) is 34.5 Å². The van der Waals surface area contributed by atoms with Crippen molar-refractivity contribution in [3.63, 3.8) is 0 Å². The number of aromatic nitrogens is 2. The van der Waals surface area contributed by atoms with Gasteiger partial charge in [-0.05, 0) is 19.1 Å². The topological polar surface area (TPSA) is 97.5 Å². The molecule has 1 heterocycles. The fourth-order valence-corrected chi connectivity index (χ4v) is 2.41.